The van der Waals surface area contributed by atoms with E-state index in [1.54, 1.807) is 31.3 Å². The number of aliphatic hydroxyl groups excluding tert-OH is 1. The van der Waals surface area contributed by atoms with Gasteiger partial charge in [-0.3, -0.25) is 0 Å². The van der Waals surface area contributed by atoms with Gasteiger partial charge in [-0.2, -0.15) is 0 Å². The maximum Gasteiger partial charge on any atom is 0.129 e. The SMILES string of the molecule is Cc1cc(F)cc(C(O)c2cccnc2N)c1. The first-order chi connectivity index (χ1) is 8.08. The number of nitrogens with two attached hydrogens (primary N) is 1. The van der Waals surface area contributed by atoms with Crippen molar-refractivity contribution in [1.82, 2.24) is 4.98 Å². The highest BCUT2D eigenvalue weighted by Crippen LogP contribution is 2.26. The lowest BCUT2D eigenvalue weighted by molar-refractivity contribution is 0.220. The van der Waals surface area contributed by atoms with Gasteiger partial charge in [0.25, 0.3) is 0 Å². The van der Waals surface area contributed by atoms with E-state index in [2.05, 4.69) is 4.98 Å². The Hall–Kier alpha value is -1.94. The molecule has 0 saturated carbocycles. The molecule has 1 heterocycles. The number of aromatic nitrogens is 1. The average Bonchev–Trinajstić information content (AvgIpc) is 2.27. The fraction of sp³-hybridized carbons (Fsp3) is 0.154. The maximum absolute atomic E-state index is 13.2. The molecule has 3 N–H and O–H groups in total. The van der Waals surface area contributed by atoms with Crippen LogP contribution in [0.25, 0.3) is 0 Å². The van der Waals surface area contributed by atoms with E-state index in [4.69, 9.17) is 5.73 Å². The van der Waals surface area contributed by atoms with E-state index in [0.29, 0.717) is 11.1 Å². The predicted molar refractivity (Wildman–Crippen MR) is 63.8 cm³/mol. The van der Waals surface area contributed by atoms with E-state index in [-0.39, 0.29) is 11.6 Å². The number of benzene rings is 1. The molecule has 0 saturated heterocycles. The summed E-state index contributed by atoms with van der Waals surface area (Å²) in [6.45, 7) is 1.77. The minimum atomic E-state index is -0.960. The molecular formula is C13H13FN2O. The smallest absolute Gasteiger partial charge is 0.129 e. The van der Waals surface area contributed by atoms with Crippen molar-refractivity contribution >= 4 is 5.82 Å². The molecule has 17 heavy (non-hydrogen) atoms. The van der Waals surface area contributed by atoms with Crippen molar-refractivity contribution in [1.29, 1.82) is 0 Å². The highest BCUT2D eigenvalue weighted by Gasteiger charge is 2.14. The van der Waals surface area contributed by atoms with Gasteiger partial charge in [0, 0.05) is 11.8 Å². The summed E-state index contributed by atoms with van der Waals surface area (Å²) in [6.07, 6.45) is 0.584. The Morgan fingerprint density at radius 3 is 2.76 bits per heavy atom. The molecule has 0 aliphatic heterocycles. The van der Waals surface area contributed by atoms with Crippen LogP contribution >= 0.6 is 0 Å². The Labute approximate surface area is 98.7 Å². The molecule has 88 valence electrons. The summed E-state index contributed by atoms with van der Waals surface area (Å²) >= 11 is 0. The van der Waals surface area contributed by atoms with E-state index in [1.807, 2.05) is 0 Å². The number of aryl methyl sites for hydroxylation is 1. The molecule has 0 aliphatic rings. The normalized spacial score (nSPS) is 12.4. The van der Waals surface area contributed by atoms with Crippen molar-refractivity contribution in [2.24, 2.45) is 0 Å². The van der Waals surface area contributed by atoms with Gasteiger partial charge >= 0.3 is 0 Å². The van der Waals surface area contributed by atoms with Gasteiger partial charge in [0.05, 0.1) is 0 Å². The minimum Gasteiger partial charge on any atom is -0.384 e. The summed E-state index contributed by atoms with van der Waals surface area (Å²) in [6, 6.07) is 7.78. The van der Waals surface area contributed by atoms with Gasteiger partial charge in [-0.05, 0) is 36.2 Å². The van der Waals surface area contributed by atoms with Crippen LogP contribution in [0.1, 0.15) is 22.8 Å². The van der Waals surface area contributed by atoms with Crippen LogP contribution in [0.2, 0.25) is 0 Å². The molecule has 1 aromatic carbocycles. The Kier molecular flexibility index (Phi) is 3.06. The van der Waals surface area contributed by atoms with Crippen LogP contribution in [-0.4, -0.2) is 10.1 Å². The third-order valence-corrected chi connectivity index (χ3v) is 2.55. The number of nitrogen functional groups attached to an aromatic ring is 1. The third-order valence-electron chi connectivity index (χ3n) is 2.55. The Bertz CT molecular complexity index is 522. The number of aliphatic hydroxyl groups is 1. The summed E-state index contributed by atoms with van der Waals surface area (Å²) in [5.41, 5.74) is 7.38. The van der Waals surface area contributed by atoms with Crippen LogP contribution in [-0.2, 0) is 0 Å². The Balaban J connectivity index is 2.43. The summed E-state index contributed by atoms with van der Waals surface area (Å²) in [5, 5.41) is 10.1. The zero-order valence-corrected chi connectivity index (χ0v) is 9.39. The fourth-order valence-electron chi connectivity index (χ4n) is 1.76. The molecule has 1 aromatic heterocycles. The number of halogens is 1. The van der Waals surface area contributed by atoms with Gasteiger partial charge < -0.3 is 10.8 Å². The zero-order chi connectivity index (χ0) is 12.4. The highest BCUT2D eigenvalue weighted by molar-refractivity contribution is 5.44. The monoisotopic (exact) mass is 232 g/mol. The van der Waals surface area contributed by atoms with Crippen molar-refractivity contribution in [3.63, 3.8) is 0 Å². The molecule has 0 bridgehead atoms. The molecule has 2 rings (SSSR count). The zero-order valence-electron chi connectivity index (χ0n) is 9.39. The summed E-state index contributed by atoms with van der Waals surface area (Å²) < 4.78 is 13.2. The molecule has 0 fully saturated rings. The van der Waals surface area contributed by atoms with Crippen molar-refractivity contribution in [3.8, 4) is 0 Å². The average molecular weight is 232 g/mol. The fourth-order valence-corrected chi connectivity index (χ4v) is 1.76. The second kappa shape index (κ2) is 4.51. The number of anilines is 1. The lowest BCUT2D eigenvalue weighted by atomic mass is 10.0. The van der Waals surface area contributed by atoms with Gasteiger partial charge in [-0.15, -0.1) is 0 Å². The maximum atomic E-state index is 13.2. The lowest BCUT2D eigenvalue weighted by Crippen LogP contribution is -2.05. The third kappa shape index (κ3) is 2.42. The first-order valence-corrected chi connectivity index (χ1v) is 5.23. The highest BCUT2D eigenvalue weighted by atomic mass is 19.1. The number of pyridine rings is 1. The van der Waals surface area contributed by atoms with Gasteiger partial charge in [0.1, 0.15) is 17.7 Å². The van der Waals surface area contributed by atoms with Crippen LogP contribution < -0.4 is 5.73 Å². The van der Waals surface area contributed by atoms with Gasteiger partial charge in [-0.25, -0.2) is 9.37 Å². The predicted octanol–water partition coefficient (Wildman–Crippen LogP) is 2.19. The number of nitrogens with zero attached hydrogens (tertiary/aromatic N) is 1. The number of rotatable bonds is 2. The summed E-state index contributed by atoms with van der Waals surface area (Å²) in [4.78, 5) is 3.89. The molecule has 2 aromatic rings. The quantitative estimate of drug-likeness (QED) is 0.834. The van der Waals surface area contributed by atoms with Crippen LogP contribution in [0.5, 0.6) is 0 Å². The number of hydrogen-bond acceptors (Lipinski definition) is 3. The standard InChI is InChI=1S/C13H13FN2O/c1-8-5-9(7-10(14)6-8)12(17)11-3-2-4-16-13(11)15/h2-7,12,17H,1H3,(H2,15,16). The van der Waals surface area contributed by atoms with Crippen LogP contribution in [0, 0.1) is 12.7 Å². The Morgan fingerprint density at radius 2 is 2.12 bits per heavy atom. The van der Waals surface area contributed by atoms with Crippen LogP contribution in [0.3, 0.4) is 0 Å². The van der Waals surface area contributed by atoms with E-state index >= 15 is 0 Å². The van der Waals surface area contributed by atoms with E-state index in [1.165, 1.54) is 12.1 Å². The molecule has 1 unspecified atom stereocenters. The molecular weight excluding hydrogens is 219 g/mol. The molecule has 3 nitrogen and oxygen atoms in total. The van der Waals surface area contributed by atoms with Gasteiger partial charge in [-0.1, -0.05) is 12.1 Å². The molecule has 0 amide bonds. The largest absolute Gasteiger partial charge is 0.384 e. The van der Waals surface area contributed by atoms with Crippen molar-refractivity contribution in [2.45, 2.75) is 13.0 Å². The second-order valence-electron chi connectivity index (χ2n) is 3.94. The molecule has 4 heteroatoms. The summed E-state index contributed by atoms with van der Waals surface area (Å²) in [7, 11) is 0. The Morgan fingerprint density at radius 1 is 1.35 bits per heavy atom. The first kappa shape index (κ1) is 11.5. The topological polar surface area (TPSA) is 59.1 Å². The van der Waals surface area contributed by atoms with Crippen molar-refractivity contribution in [2.75, 3.05) is 5.73 Å². The molecule has 0 spiro atoms. The molecule has 0 aliphatic carbocycles. The lowest BCUT2D eigenvalue weighted by Gasteiger charge is -2.13. The van der Waals surface area contributed by atoms with Gasteiger partial charge in [0.15, 0.2) is 0 Å². The minimum absolute atomic E-state index is 0.252. The van der Waals surface area contributed by atoms with E-state index < -0.39 is 6.10 Å². The first-order valence-electron chi connectivity index (χ1n) is 5.23. The molecule has 0 radical (unpaired) electrons. The van der Waals surface area contributed by atoms with Crippen molar-refractivity contribution < 1.29 is 9.50 Å². The van der Waals surface area contributed by atoms with E-state index in [0.717, 1.165) is 5.56 Å². The van der Waals surface area contributed by atoms with Crippen molar-refractivity contribution in [3.05, 3.63) is 59.0 Å². The van der Waals surface area contributed by atoms with Crippen LogP contribution in [0.4, 0.5) is 10.2 Å². The van der Waals surface area contributed by atoms with Crippen LogP contribution in [0.15, 0.2) is 36.5 Å². The van der Waals surface area contributed by atoms with Gasteiger partial charge in [0.2, 0.25) is 0 Å². The van der Waals surface area contributed by atoms with E-state index in [9.17, 15) is 9.50 Å². The second-order valence-corrected chi connectivity index (χ2v) is 3.94. The number of hydrogen-bond donors (Lipinski definition) is 2. The summed E-state index contributed by atoms with van der Waals surface area (Å²) in [5.74, 6) is -0.122. The molecule has 1 atom stereocenters.